The van der Waals surface area contributed by atoms with Crippen LogP contribution in [0.1, 0.15) is 23.7 Å². The number of hydrogen-bond donors (Lipinski definition) is 1. The van der Waals surface area contributed by atoms with E-state index in [0.717, 1.165) is 34.9 Å². The van der Waals surface area contributed by atoms with E-state index in [9.17, 15) is 10.1 Å². The number of aromatic amines is 1. The van der Waals surface area contributed by atoms with Gasteiger partial charge in [0.25, 0.3) is 5.69 Å². The molecule has 2 aromatic heterocycles. The molecule has 0 aliphatic carbocycles. The van der Waals surface area contributed by atoms with Crippen LogP contribution in [0.15, 0.2) is 110 Å². The van der Waals surface area contributed by atoms with E-state index in [-0.39, 0.29) is 16.7 Å². The molecule has 4 aromatic carbocycles. The van der Waals surface area contributed by atoms with Gasteiger partial charge in [0.2, 0.25) is 0 Å². The minimum Gasteiger partial charge on any atom is -0.347 e. The smallest absolute Gasteiger partial charge is 0.294 e. The monoisotopic (exact) mass is 472 g/mol. The number of rotatable bonds is 7. The lowest BCUT2D eigenvalue weighted by atomic mass is 9.98. The van der Waals surface area contributed by atoms with Crippen LogP contribution in [-0.2, 0) is 6.42 Å². The van der Waals surface area contributed by atoms with Crippen molar-refractivity contribution in [3.8, 4) is 11.1 Å². The fourth-order valence-electron chi connectivity index (χ4n) is 5.17. The van der Waals surface area contributed by atoms with Gasteiger partial charge in [-0.1, -0.05) is 84.9 Å². The van der Waals surface area contributed by atoms with Crippen LogP contribution in [-0.4, -0.2) is 19.5 Å². The van der Waals surface area contributed by atoms with E-state index >= 15 is 0 Å². The summed E-state index contributed by atoms with van der Waals surface area (Å²) in [5, 5.41) is 16.6. The molecule has 0 bridgehead atoms. The number of nitrogens with one attached hydrogen (secondary N) is 1. The first-order valence-corrected chi connectivity index (χ1v) is 12.0. The topological polar surface area (TPSA) is 76.8 Å². The van der Waals surface area contributed by atoms with E-state index in [4.69, 9.17) is 0 Å². The molecule has 0 saturated carbocycles. The third kappa shape index (κ3) is 3.92. The van der Waals surface area contributed by atoms with Crippen LogP contribution < -0.4 is 0 Å². The second-order valence-corrected chi connectivity index (χ2v) is 8.99. The van der Waals surface area contributed by atoms with Crippen molar-refractivity contribution in [2.24, 2.45) is 0 Å². The molecule has 6 aromatic rings. The van der Waals surface area contributed by atoms with Crippen LogP contribution >= 0.6 is 0 Å². The van der Waals surface area contributed by atoms with Gasteiger partial charge in [-0.3, -0.25) is 10.1 Å². The Bertz CT molecular complexity index is 1670. The highest BCUT2D eigenvalue weighted by molar-refractivity contribution is 5.98. The summed E-state index contributed by atoms with van der Waals surface area (Å²) in [7, 11) is 0. The molecular weight excluding hydrogens is 448 g/mol. The number of aromatic nitrogens is 3. The van der Waals surface area contributed by atoms with Gasteiger partial charge >= 0.3 is 0 Å². The van der Waals surface area contributed by atoms with Gasteiger partial charge in [-0.15, -0.1) is 0 Å². The summed E-state index contributed by atoms with van der Waals surface area (Å²) >= 11 is 0. The predicted octanol–water partition coefficient (Wildman–Crippen LogP) is 7.32. The molecule has 1 atom stereocenters. The highest BCUT2D eigenvalue weighted by Gasteiger charge is 2.25. The third-order valence-electron chi connectivity index (χ3n) is 6.91. The van der Waals surface area contributed by atoms with Crippen molar-refractivity contribution in [3.63, 3.8) is 0 Å². The summed E-state index contributed by atoms with van der Waals surface area (Å²) in [6.45, 7) is 0. The second-order valence-electron chi connectivity index (χ2n) is 8.99. The summed E-state index contributed by atoms with van der Waals surface area (Å²) < 4.78 is 1.97. The van der Waals surface area contributed by atoms with Gasteiger partial charge in [0, 0.05) is 6.20 Å². The van der Waals surface area contributed by atoms with Crippen LogP contribution in [0.4, 0.5) is 5.69 Å². The van der Waals surface area contributed by atoms with E-state index in [1.54, 1.807) is 18.7 Å². The Morgan fingerprint density at radius 3 is 2.28 bits per heavy atom. The lowest BCUT2D eigenvalue weighted by molar-refractivity contribution is -0.384. The van der Waals surface area contributed by atoms with Crippen molar-refractivity contribution in [2.75, 3.05) is 0 Å². The molecule has 0 aliphatic heterocycles. The van der Waals surface area contributed by atoms with Crippen LogP contribution in [0.2, 0.25) is 0 Å². The van der Waals surface area contributed by atoms with Gasteiger partial charge in [-0.2, -0.15) is 0 Å². The molecule has 1 N–H and O–H groups in total. The van der Waals surface area contributed by atoms with Crippen molar-refractivity contribution >= 4 is 27.2 Å². The van der Waals surface area contributed by atoms with Crippen molar-refractivity contribution in [1.82, 2.24) is 14.5 Å². The van der Waals surface area contributed by atoms with Crippen molar-refractivity contribution in [3.05, 3.63) is 131 Å². The Balaban J connectivity index is 1.43. The number of aryl methyl sites for hydroxylation is 1. The van der Waals surface area contributed by atoms with Gasteiger partial charge in [-0.05, 0) is 45.5 Å². The average molecular weight is 473 g/mol. The first-order chi connectivity index (χ1) is 17.7. The largest absolute Gasteiger partial charge is 0.347 e. The number of benzene rings is 4. The van der Waals surface area contributed by atoms with Crippen molar-refractivity contribution < 1.29 is 4.92 Å². The lowest BCUT2D eigenvalue weighted by Crippen LogP contribution is -2.11. The van der Waals surface area contributed by atoms with Gasteiger partial charge in [0.1, 0.15) is 0 Å². The molecule has 6 heteroatoms. The SMILES string of the molecule is O=[N+]([O-])c1cn(C(CCc2cccc3ccccc23)c2cnc[nH]2)cc1-c1cccc2ccccc12. The Labute approximate surface area is 208 Å². The highest BCUT2D eigenvalue weighted by Crippen LogP contribution is 2.38. The molecule has 0 saturated heterocycles. The molecule has 176 valence electrons. The Morgan fingerprint density at radius 2 is 1.53 bits per heavy atom. The predicted molar refractivity (Wildman–Crippen MR) is 143 cm³/mol. The average Bonchev–Trinajstić information content (AvgIpc) is 3.60. The van der Waals surface area contributed by atoms with Gasteiger partial charge < -0.3 is 9.55 Å². The van der Waals surface area contributed by atoms with Gasteiger partial charge in [-0.25, -0.2) is 4.98 Å². The van der Waals surface area contributed by atoms with Crippen LogP contribution in [0, 0.1) is 10.1 Å². The maximum absolute atomic E-state index is 12.2. The van der Waals surface area contributed by atoms with Gasteiger partial charge in [0.15, 0.2) is 0 Å². The van der Waals surface area contributed by atoms with E-state index in [1.807, 2.05) is 59.3 Å². The maximum Gasteiger partial charge on any atom is 0.294 e. The number of fused-ring (bicyclic) bond motifs is 2. The number of hydrogen-bond acceptors (Lipinski definition) is 3. The Kier molecular flexibility index (Phi) is 5.54. The van der Waals surface area contributed by atoms with Crippen molar-refractivity contribution in [2.45, 2.75) is 18.9 Å². The van der Waals surface area contributed by atoms with E-state index in [2.05, 4.69) is 46.4 Å². The molecule has 6 rings (SSSR count). The molecule has 1 unspecified atom stereocenters. The number of imidazole rings is 1. The fraction of sp³-hybridized carbons (Fsp3) is 0.100. The summed E-state index contributed by atoms with van der Waals surface area (Å²) in [4.78, 5) is 19.3. The number of nitrogens with zero attached hydrogens (tertiary/aromatic N) is 3. The van der Waals surface area contributed by atoms with Crippen LogP contribution in [0.3, 0.4) is 0 Å². The lowest BCUT2D eigenvalue weighted by Gasteiger charge is -2.18. The zero-order valence-corrected chi connectivity index (χ0v) is 19.5. The zero-order chi connectivity index (χ0) is 24.5. The first kappa shape index (κ1) is 21.8. The maximum atomic E-state index is 12.2. The quantitative estimate of drug-likeness (QED) is 0.195. The van der Waals surface area contributed by atoms with Crippen LogP contribution in [0.5, 0.6) is 0 Å². The fourth-order valence-corrected chi connectivity index (χ4v) is 5.17. The molecule has 0 aliphatic rings. The van der Waals surface area contributed by atoms with E-state index < -0.39 is 0 Å². The second kappa shape index (κ2) is 9.15. The summed E-state index contributed by atoms with van der Waals surface area (Å²) in [5.41, 5.74) is 3.75. The standard InChI is InChI=1S/C30H24N4O2/c35-34(36)30-19-33(18-27(30)26-14-6-11-22-8-2-4-13-25(22)26)29(28-17-31-20-32-28)16-15-23-10-5-9-21-7-1-3-12-24(21)23/h1-14,17-20,29H,15-16H2,(H,31,32). The van der Waals surface area contributed by atoms with Crippen molar-refractivity contribution in [1.29, 1.82) is 0 Å². The molecular formula is C30H24N4O2. The molecule has 0 amide bonds. The zero-order valence-electron chi connectivity index (χ0n) is 19.5. The number of H-pyrrole nitrogens is 1. The summed E-state index contributed by atoms with van der Waals surface area (Å²) in [6.07, 6.45) is 8.61. The minimum atomic E-state index is -0.289. The van der Waals surface area contributed by atoms with E-state index in [1.165, 1.54) is 16.3 Å². The minimum absolute atomic E-state index is 0.0982. The number of nitro groups is 1. The normalized spacial score (nSPS) is 12.2. The molecule has 6 nitrogen and oxygen atoms in total. The Morgan fingerprint density at radius 1 is 0.833 bits per heavy atom. The van der Waals surface area contributed by atoms with Crippen LogP contribution in [0.25, 0.3) is 32.7 Å². The molecule has 36 heavy (non-hydrogen) atoms. The Hall–Kier alpha value is -4.71. The summed E-state index contributed by atoms with van der Waals surface area (Å²) in [6, 6.07) is 28.5. The van der Waals surface area contributed by atoms with Gasteiger partial charge in [0.05, 0.1) is 40.9 Å². The molecule has 0 spiro atoms. The van der Waals surface area contributed by atoms with E-state index in [0.29, 0.717) is 5.56 Å². The molecule has 0 fully saturated rings. The molecule has 0 radical (unpaired) electrons. The highest BCUT2D eigenvalue weighted by atomic mass is 16.6. The first-order valence-electron chi connectivity index (χ1n) is 12.0. The molecule has 2 heterocycles. The third-order valence-corrected chi connectivity index (χ3v) is 6.91. The summed E-state index contributed by atoms with van der Waals surface area (Å²) in [5.74, 6) is 0.